The molecule has 0 aromatic carbocycles. The maximum Gasteiger partial charge on any atom is 0.268 e. The highest BCUT2D eigenvalue weighted by Gasteiger charge is 2.19. The molecule has 0 fully saturated rings. The lowest BCUT2D eigenvalue weighted by Gasteiger charge is -2.25. The summed E-state index contributed by atoms with van der Waals surface area (Å²) in [4.78, 5) is 15.2. The molecule has 0 spiro atoms. The molecular formula is C14H19N3O2S. The Hall–Kier alpha value is -1.63. The van der Waals surface area contributed by atoms with Gasteiger partial charge in [-0.05, 0) is 31.4 Å². The molecule has 5 nitrogen and oxygen atoms in total. The predicted molar refractivity (Wildman–Crippen MR) is 79.1 cm³/mol. The van der Waals surface area contributed by atoms with Crippen molar-refractivity contribution in [1.82, 2.24) is 10.3 Å². The summed E-state index contributed by atoms with van der Waals surface area (Å²) in [6.07, 6.45) is 1.52. The lowest BCUT2D eigenvalue weighted by molar-refractivity contribution is 0.0948. The Morgan fingerprint density at radius 1 is 1.45 bits per heavy atom. The smallest absolute Gasteiger partial charge is 0.268 e. The molecule has 6 heteroatoms. The average Bonchev–Trinajstić information content (AvgIpc) is 3.08. The summed E-state index contributed by atoms with van der Waals surface area (Å²) >= 11 is 1.72. The molecule has 0 unspecified atom stereocenters. The number of furan rings is 1. The highest BCUT2D eigenvalue weighted by Crippen LogP contribution is 2.19. The van der Waals surface area contributed by atoms with Gasteiger partial charge in [-0.25, -0.2) is 5.84 Å². The number of hydrazine groups is 1. The van der Waals surface area contributed by atoms with Gasteiger partial charge in [-0.15, -0.1) is 11.3 Å². The van der Waals surface area contributed by atoms with Crippen LogP contribution < -0.4 is 11.3 Å². The van der Waals surface area contributed by atoms with E-state index in [-0.39, 0.29) is 5.91 Å². The Morgan fingerprint density at radius 3 is 2.85 bits per heavy atom. The number of thiophene rings is 1. The van der Waals surface area contributed by atoms with Crippen LogP contribution in [0, 0.1) is 0 Å². The molecule has 0 radical (unpaired) electrons. The molecule has 0 aliphatic heterocycles. The number of nitrogens with two attached hydrogens (primary N) is 1. The number of nitrogen functional groups attached to an aromatic ring is 1. The van der Waals surface area contributed by atoms with E-state index in [1.54, 1.807) is 17.4 Å². The van der Waals surface area contributed by atoms with Gasteiger partial charge in [0.2, 0.25) is 0 Å². The first-order valence-corrected chi connectivity index (χ1v) is 7.33. The Bertz CT molecular complexity index is 549. The fourth-order valence-electron chi connectivity index (χ4n) is 1.95. The molecule has 0 saturated heterocycles. The summed E-state index contributed by atoms with van der Waals surface area (Å²) in [5.41, 5.74) is 2.63. The van der Waals surface area contributed by atoms with Gasteiger partial charge in [0.25, 0.3) is 5.91 Å². The molecule has 2 heterocycles. The maximum atomic E-state index is 11.7. The van der Waals surface area contributed by atoms with Gasteiger partial charge < -0.3 is 4.42 Å². The van der Waals surface area contributed by atoms with Crippen molar-refractivity contribution < 1.29 is 9.21 Å². The number of hydrogen-bond donors (Lipinski definition) is 2. The van der Waals surface area contributed by atoms with Crippen molar-refractivity contribution in [2.75, 3.05) is 0 Å². The summed E-state index contributed by atoms with van der Waals surface area (Å²) < 4.78 is 5.43. The quantitative estimate of drug-likeness (QED) is 0.487. The zero-order valence-corrected chi connectivity index (χ0v) is 12.4. The van der Waals surface area contributed by atoms with E-state index in [4.69, 9.17) is 10.3 Å². The van der Waals surface area contributed by atoms with Gasteiger partial charge in [-0.1, -0.05) is 6.07 Å². The van der Waals surface area contributed by atoms with Crippen LogP contribution in [0.5, 0.6) is 0 Å². The van der Waals surface area contributed by atoms with Crippen LogP contribution in [-0.2, 0) is 13.1 Å². The first kappa shape index (κ1) is 14.8. The topological polar surface area (TPSA) is 71.5 Å². The van der Waals surface area contributed by atoms with E-state index in [0.717, 1.165) is 6.54 Å². The van der Waals surface area contributed by atoms with E-state index < -0.39 is 0 Å². The highest BCUT2D eigenvalue weighted by molar-refractivity contribution is 7.09. The summed E-state index contributed by atoms with van der Waals surface area (Å²) in [6, 6.07) is 6.13. The number of amides is 1. The SMILES string of the molecule is CC(C)N(Cc1cccs1)Cc1occc1C(=O)NN. The zero-order valence-electron chi connectivity index (χ0n) is 11.6. The minimum atomic E-state index is -0.325. The number of rotatable bonds is 6. The molecule has 0 aliphatic carbocycles. The van der Waals surface area contributed by atoms with Crippen LogP contribution in [0.3, 0.4) is 0 Å². The predicted octanol–water partition coefficient (Wildman–Crippen LogP) is 2.36. The third-order valence-electron chi connectivity index (χ3n) is 3.14. The number of carbonyl (C=O) groups is 1. The molecule has 2 aromatic rings. The molecule has 0 aliphatic rings. The van der Waals surface area contributed by atoms with Gasteiger partial charge in [0.1, 0.15) is 5.76 Å². The van der Waals surface area contributed by atoms with Gasteiger partial charge in [0, 0.05) is 17.5 Å². The van der Waals surface area contributed by atoms with Crippen molar-refractivity contribution in [2.24, 2.45) is 5.84 Å². The molecule has 3 N–H and O–H groups in total. The third kappa shape index (κ3) is 3.47. The molecule has 108 valence electrons. The van der Waals surface area contributed by atoms with Crippen molar-refractivity contribution in [2.45, 2.75) is 33.0 Å². The van der Waals surface area contributed by atoms with Crippen molar-refractivity contribution in [3.8, 4) is 0 Å². The van der Waals surface area contributed by atoms with Gasteiger partial charge >= 0.3 is 0 Å². The van der Waals surface area contributed by atoms with Crippen LogP contribution in [0.15, 0.2) is 34.3 Å². The Balaban J connectivity index is 2.12. The second kappa shape index (κ2) is 6.69. The lowest BCUT2D eigenvalue weighted by Crippen LogP contribution is -2.33. The van der Waals surface area contributed by atoms with E-state index in [1.807, 2.05) is 6.07 Å². The second-order valence-electron chi connectivity index (χ2n) is 4.81. The highest BCUT2D eigenvalue weighted by atomic mass is 32.1. The number of nitrogens with one attached hydrogen (secondary N) is 1. The van der Waals surface area contributed by atoms with Crippen LogP contribution in [0.4, 0.5) is 0 Å². The molecule has 0 atom stereocenters. The van der Waals surface area contributed by atoms with Crippen LogP contribution in [0.1, 0.15) is 34.8 Å². The first-order valence-electron chi connectivity index (χ1n) is 6.45. The van der Waals surface area contributed by atoms with Crippen molar-refractivity contribution in [3.05, 3.63) is 46.0 Å². The molecule has 0 bridgehead atoms. The summed E-state index contributed by atoms with van der Waals surface area (Å²) in [5.74, 6) is 5.49. The largest absolute Gasteiger partial charge is 0.467 e. The summed E-state index contributed by atoms with van der Waals surface area (Å²) in [6.45, 7) is 5.66. The van der Waals surface area contributed by atoms with Crippen LogP contribution >= 0.6 is 11.3 Å². The monoisotopic (exact) mass is 293 g/mol. The second-order valence-corrected chi connectivity index (χ2v) is 5.84. The van der Waals surface area contributed by atoms with Gasteiger partial charge in [-0.2, -0.15) is 0 Å². The van der Waals surface area contributed by atoms with E-state index in [2.05, 4.69) is 35.6 Å². The van der Waals surface area contributed by atoms with Gasteiger partial charge in [0.15, 0.2) is 0 Å². The number of hydrogen-bond acceptors (Lipinski definition) is 5. The normalized spacial score (nSPS) is 11.2. The fraction of sp³-hybridized carbons (Fsp3) is 0.357. The van der Waals surface area contributed by atoms with Crippen LogP contribution in [0.25, 0.3) is 0 Å². The minimum Gasteiger partial charge on any atom is -0.467 e. The average molecular weight is 293 g/mol. The van der Waals surface area contributed by atoms with Crippen LogP contribution in [0.2, 0.25) is 0 Å². The maximum absolute atomic E-state index is 11.7. The molecule has 0 saturated carbocycles. The first-order chi connectivity index (χ1) is 9.61. The van der Waals surface area contributed by atoms with E-state index in [1.165, 1.54) is 11.1 Å². The summed E-state index contributed by atoms with van der Waals surface area (Å²) in [7, 11) is 0. The Kier molecular flexibility index (Phi) is 4.94. The molecule has 1 amide bonds. The van der Waals surface area contributed by atoms with E-state index >= 15 is 0 Å². The van der Waals surface area contributed by atoms with E-state index in [9.17, 15) is 4.79 Å². The van der Waals surface area contributed by atoms with Crippen LogP contribution in [-0.4, -0.2) is 16.8 Å². The standard InChI is InChI=1S/C14H19N3O2S/c1-10(2)17(8-11-4-3-7-20-11)9-13-12(5-6-19-13)14(18)16-15/h3-7,10H,8-9,15H2,1-2H3,(H,16,18). The molecule has 2 aromatic heterocycles. The molecular weight excluding hydrogens is 274 g/mol. The third-order valence-corrected chi connectivity index (χ3v) is 4.00. The van der Waals surface area contributed by atoms with Gasteiger partial charge in [-0.3, -0.25) is 15.1 Å². The number of nitrogens with zero attached hydrogens (tertiary/aromatic N) is 1. The number of carbonyl (C=O) groups excluding carboxylic acids is 1. The van der Waals surface area contributed by atoms with Crippen molar-refractivity contribution >= 4 is 17.2 Å². The van der Waals surface area contributed by atoms with Crippen molar-refractivity contribution in [1.29, 1.82) is 0 Å². The molecule has 20 heavy (non-hydrogen) atoms. The Morgan fingerprint density at radius 2 is 2.25 bits per heavy atom. The Labute approximate surface area is 122 Å². The van der Waals surface area contributed by atoms with Gasteiger partial charge in [0.05, 0.1) is 18.4 Å². The summed E-state index contributed by atoms with van der Waals surface area (Å²) in [5, 5.41) is 2.06. The van der Waals surface area contributed by atoms with Crippen molar-refractivity contribution in [3.63, 3.8) is 0 Å². The van der Waals surface area contributed by atoms with E-state index in [0.29, 0.717) is 23.9 Å². The fourth-order valence-corrected chi connectivity index (χ4v) is 2.68. The zero-order chi connectivity index (χ0) is 14.5. The lowest BCUT2D eigenvalue weighted by atomic mass is 10.2. The molecule has 2 rings (SSSR count). The minimum absolute atomic E-state index is 0.325.